The highest BCUT2D eigenvalue weighted by Gasteiger charge is 2.63. The van der Waals surface area contributed by atoms with Crippen molar-refractivity contribution in [1.29, 1.82) is 0 Å². The summed E-state index contributed by atoms with van der Waals surface area (Å²) in [7, 11) is 0. The molecule has 0 saturated heterocycles. The van der Waals surface area contributed by atoms with Gasteiger partial charge in [0.1, 0.15) is 0 Å². The Hall–Kier alpha value is -3.24. The molecule has 1 amide bonds. The molecule has 2 N–H and O–H groups in total. The molecule has 0 heterocycles. The van der Waals surface area contributed by atoms with Crippen molar-refractivity contribution in [3.05, 3.63) is 65.7 Å². The van der Waals surface area contributed by atoms with Gasteiger partial charge in [0.15, 0.2) is 0 Å². The van der Waals surface area contributed by atoms with Crippen LogP contribution in [0.15, 0.2) is 54.6 Å². The van der Waals surface area contributed by atoms with Gasteiger partial charge in [-0.3, -0.25) is 4.79 Å². The summed E-state index contributed by atoms with van der Waals surface area (Å²) in [5, 5.41) is 3.39. The summed E-state index contributed by atoms with van der Waals surface area (Å²) < 4.78 is 84.7. The van der Waals surface area contributed by atoms with Crippen molar-refractivity contribution >= 4 is 17.6 Å². The Morgan fingerprint density at radius 2 is 1.47 bits per heavy atom. The van der Waals surface area contributed by atoms with Crippen molar-refractivity contribution in [1.82, 2.24) is 5.32 Å². The Kier molecular flexibility index (Phi) is 6.63. The van der Waals surface area contributed by atoms with Crippen LogP contribution in [-0.4, -0.2) is 30.3 Å². The molecule has 2 aromatic rings. The Labute approximate surface area is 167 Å². The molecule has 0 bridgehead atoms. The van der Waals surface area contributed by atoms with E-state index in [1.807, 2.05) is 0 Å². The van der Waals surface area contributed by atoms with Gasteiger partial charge >= 0.3 is 24.0 Å². The van der Waals surface area contributed by atoms with Crippen LogP contribution >= 0.6 is 0 Å². The highest BCUT2D eigenvalue weighted by atomic mass is 19.4. The fourth-order valence-corrected chi connectivity index (χ4v) is 2.42. The SMILES string of the molecule is CCOC(=O)C(NC(=O)c1ccccc1)(Nc1ccc(C(F)(F)F)cc1)C(F)(F)F. The van der Waals surface area contributed by atoms with E-state index in [9.17, 15) is 35.9 Å². The van der Waals surface area contributed by atoms with Gasteiger partial charge in [-0.2, -0.15) is 26.3 Å². The maximum absolute atomic E-state index is 14.0. The standard InChI is InChI=1S/C19H16F6N2O3/c1-2-30-16(29)17(19(23,24)25,27-15(28)12-6-4-3-5-7-12)26-14-10-8-13(9-11-14)18(20,21)22/h3-11,26H,2H2,1H3,(H,27,28). The van der Waals surface area contributed by atoms with Crippen molar-refractivity contribution in [3.8, 4) is 0 Å². The predicted octanol–water partition coefficient (Wildman–Crippen LogP) is 4.37. The van der Waals surface area contributed by atoms with Crippen molar-refractivity contribution in [3.63, 3.8) is 0 Å². The van der Waals surface area contributed by atoms with E-state index in [0.717, 1.165) is 0 Å². The van der Waals surface area contributed by atoms with Crippen molar-refractivity contribution in [2.75, 3.05) is 11.9 Å². The number of alkyl halides is 6. The average Bonchev–Trinajstić information content (AvgIpc) is 2.67. The number of carbonyl (C=O) groups excluding carboxylic acids is 2. The first-order valence-corrected chi connectivity index (χ1v) is 8.47. The minimum Gasteiger partial charge on any atom is -0.463 e. The first kappa shape index (κ1) is 23.0. The van der Waals surface area contributed by atoms with E-state index in [4.69, 9.17) is 0 Å². The molecule has 30 heavy (non-hydrogen) atoms. The Morgan fingerprint density at radius 3 is 1.93 bits per heavy atom. The second kappa shape index (κ2) is 8.64. The van der Waals surface area contributed by atoms with Crippen LogP contribution in [0.1, 0.15) is 22.8 Å². The number of nitrogens with one attached hydrogen (secondary N) is 2. The predicted molar refractivity (Wildman–Crippen MR) is 94.4 cm³/mol. The maximum Gasteiger partial charge on any atom is 0.441 e. The van der Waals surface area contributed by atoms with E-state index >= 15 is 0 Å². The van der Waals surface area contributed by atoms with E-state index in [1.165, 1.54) is 37.3 Å². The van der Waals surface area contributed by atoms with Crippen molar-refractivity contribution in [2.24, 2.45) is 0 Å². The molecule has 162 valence electrons. The smallest absolute Gasteiger partial charge is 0.441 e. The van der Waals surface area contributed by atoms with E-state index in [2.05, 4.69) is 4.74 Å². The second-order valence-corrected chi connectivity index (χ2v) is 5.99. The van der Waals surface area contributed by atoms with Gasteiger partial charge in [0, 0.05) is 11.3 Å². The van der Waals surface area contributed by atoms with Crippen LogP contribution in [0.2, 0.25) is 0 Å². The third-order valence-corrected chi connectivity index (χ3v) is 3.89. The van der Waals surface area contributed by atoms with E-state index in [-0.39, 0.29) is 5.56 Å². The largest absolute Gasteiger partial charge is 0.463 e. The van der Waals surface area contributed by atoms with Crippen molar-refractivity contribution < 1.29 is 40.7 Å². The number of benzene rings is 2. The number of ether oxygens (including phenoxy) is 1. The maximum atomic E-state index is 14.0. The molecule has 0 radical (unpaired) electrons. The zero-order valence-electron chi connectivity index (χ0n) is 15.4. The minimum absolute atomic E-state index is 0.176. The Bertz CT molecular complexity index is 882. The summed E-state index contributed by atoms with van der Waals surface area (Å²) >= 11 is 0. The fourth-order valence-electron chi connectivity index (χ4n) is 2.42. The summed E-state index contributed by atoms with van der Waals surface area (Å²) in [6, 6.07) is 9.25. The molecule has 1 unspecified atom stereocenters. The van der Waals surface area contributed by atoms with Crippen LogP contribution in [0, 0.1) is 0 Å². The lowest BCUT2D eigenvalue weighted by molar-refractivity contribution is -0.204. The normalized spacial score (nSPS) is 13.8. The van der Waals surface area contributed by atoms with Crippen LogP contribution in [0.3, 0.4) is 0 Å². The van der Waals surface area contributed by atoms with Crippen LogP contribution in [0.5, 0.6) is 0 Å². The summed E-state index contributed by atoms with van der Waals surface area (Å²) in [4.78, 5) is 24.7. The quantitative estimate of drug-likeness (QED) is 0.403. The topological polar surface area (TPSA) is 67.4 Å². The highest BCUT2D eigenvalue weighted by molar-refractivity contribution is 5.99. The monoisotopic (exact) mass is 434 g/mol. The van der Waals surface area contributed by atoms with Crippen LogP contribution in [0.4, 0.5) is 32.0 Å². The molecule has 0 saturated carbocycles. The lowest BCUT2D eigenvalue weighted by Gasteiger charge is -2.35. The number of esters is 1. The van der Waals surface area contributed by atoms with Gasteiger partial charge < -0.3 is 15.4 Å². The lowest BCUT2D eigenvalue weighted by atomic mass is 10.1. The number of halogens is 6. The molecular formula is C19H16F6N2O3. The third-order valence-electron chi connectivity index (χ3n) is 3.89. The minimum atomic E-state index is -5.41. The van der Waals surface area contributed by atoms with Gasteiger partial charge in [-0.15, -0.1) is 0 Å². The molecule has 0 aliphatic rings. The molecule has 0 aliphatic carbocycles. The van der Waals surface area contributed by atoms with Gasteiger partial charge in [-0.05, 0) is 43.3 Å². The molecule has 0 spiro atoms. The van der Waals surface area contributed by atoms with Gasteiger partial charge in [0.05, 0.1) is 12.2 Å². The molecular weight excluding hydrogens is 418 g/mol. The highest BCUT2D eigenvalue weighted by Crippen LogP contribution is 2.35. The summed E-state index contributed by atoms with van der Waals surface area (Å²) in [5.74, 6) is -3.12. The van der Waals surface area contributed by atoms with Gasteiger partial charge in [-0.25, -0.2) is 4.79 Å². The summed E-state index contributed by atoms with van der Waals surface area (Å²) in [5.41, 5.74) is -5.52. The lowest BCUT2D eigenvalue weighted by Crippen LogP contribution is -2.69. The van der Waals surface area contributed by atoms with E-state index in [0.29, 0.717) is 24.3 Å². The fraction of sp³-hybridized carbons (Fsp3) is 0.263. The molecule has 2 rings (SSSR count). The van der Waals surface area contributed by atoms with Crippen LogP contribution < -0.4 is 10.6 Å². The third kappa shape index (κ3) is 5.02. The van der Waals surface area contributed by atoms with Crippen molar-refractivity contribution in [2.45, 2.75) is 24.9 Å². The Balaban J connectivity index is 2.48. The first-order valence-electron chi connectivity index (χ1n) is 8.47. The molecule has 0 aliphatic heterocycles. The Morgan fingerprint density at radius 1 is 0.900 bits per heavy atom. The van der Waals surface area contributed by atoms with Crippen LogP contribution in [-0.2, 0) is 15.7 Å². The van der Waals surface area contributed by atoms with Gasteiger partial charge in [0.25, 0.3) is 5.91 Å². The number of hydrogen-bond acceptors (Lipinski definition) is 4. The molecule has 11 heteroatoms. The number of rotatable bonds is 6. The van der Waals surface area contributed by atoms with E-state index < -0.39 is 47.7 Å². The molecule has 2 aromatic carbocycles. The van der Waals surface area contributed by atoms with E-state index in [1.54, 1.807) is 10.6 Å². The summed E-state index contributed by atoms with van der Waals surface area (Å²) in [6.45, 7) is 0.822. The van der Waals surface area contributed by atoms with Gasteiger partial charge in [-0.1, -0.05) is 18.2 Å². The van der Waals surface area contributed by atoms with Crippen LogP contribution in [0.25, 0.3) is 0 Å². The average molecular weight is 434 g/mol. The summed E-state index contributed by atoms with van der Waals surface area (Å²) in [6.07, 6.45) is -10.1. The number of hydrogen-bond donors (Lipinski definition) is 2. The van der Waals surface area contributed by atoms with Gasteiger partial charge in [0.2, 0.25) is 0 Å². The number of amides is 1. The first-order chi connectivity index (χ1) is 13.9. The second-order valence-electron chi connectivity index (χ2n) is 5.99. The molecule has 0 aromatic heterocycles. The number of carbonyl (C=O) groups is 2. The molecule has 1 atom stereocenters. The molecule has 0 fully saturated rings. The zero-order chi connectivity index (χ0) is 22.6. The molecule has 5 nitrogen and oxygen atoms in total. The number of anilines is 1. The zero-order valence-corrected chi connectivity index (χ0v) is 15.4.